The average molecular weight is 312 g/mol. The van der Waals surface area contributed by atoms with Gasteiger partial charge in [0.25, 0.3) is 0 Å². The number of nitrogens with zero attached hydrogens (tertiary/aromatic N) is 2. The van der Waals surface area contributed by atoms with E-state index in [0.29, 0.717) is 29.3 Å². The maximum atomic E-state index is 14.1. The normalized spacial score (nSPS) is 12.5. The fourth-order valence-electron chi connectivity index (χ4n) is 2.43. The zero-order valence-electron chi connectivity index (χ0n) is 12.4. The van der Waals surface area contributed by atoms with Crippen LogP contribution in [0.25, 0.3) is 0 Å². The van der Waals surface area contributed by atoms with E-state index in [2.05, 4.69) is 5.10 Å². The van der Waals surface area contributed by atoms with Crippen LogP contribution in [0.2, 0.25) is 5.02 Å². The second-order valence-corrected chi connectivity index (χ2v) is 5.21. The van der Waals surface area contributed by atoms with Crippen molar-refractivity contribution in [1.82, 2.24) is 9.78 Å². The Kier molecular flexibility index (Phi) is 4.85. The van der Waals surface area contributed by atoms with Crippen LogP contribution in [0.3, 0.4) is 0 Å². The summed E-state index contributed by atoms with van der Waals surface area (Å²) < 4.78 is 21.1. The summed E-state index contributed by atoms with van der Waals surface area (Å²) in [5.41, 5.74) is 8.11. The van der Waals surface area contributed by atoms with Crippen molar-refractivity contribution in [2.75, 3.05) is 7.11 Å². The lowest BCUT2D eigenvalue weighted by molar-refractivity contribution is 0.398. The van der Waals surface area contributed by atoms with Gasteiger partial charge in [0.05, 0.1) is 23.5 Å². The molecule has 2 N–H and O–H groups in total. The lowest BCUT2D eigenvalue weighted by Gasteiger charge is -2.17. The van der Waals surface area contributed by atoms with E-state index in [-0.39, 0.29) is 5.82 Å². The Morgan fingerprint density at radius 2 is 2.19 bits per heavy atom. The molecule has 0 aliphatic rings. The van der Waals surface area contributed by atoms with Crippen molar-refractivity contribution in [1.29, 1.82) is 0 Å². The van der Waals surface area contributed by atoms with Gasteiger partial charge >= 0.3 is 0 Å². The number of rotatable bonds is 5. The molecule has 1 aromatic heterocycles. The highest BCUT2D eigenvalue weighted by molar-refractivity contribution is 6.31. The Bertz CT molecular complexity index is 642. The van der Waals surface area contributed by atoms with E-state index in [1.54, 1.807) is 16.8 Å². The highest BCUT2D eigenvalue weighted by atomic mass is 35.5. The van der Waals surface area contributed by atoms with Gasteiger partial charge in [-0.05, 0) is 26.0 Å². The number of halogens is 2. The van der Waals surface area contributed by atoms with Gasteiger partial charge in [0.15, 0.2) is 0 Å². The zero-order chi connectivity index (χ0) is 15.6. The van der Waals surface area contributed by atoms with Crippen molar-refractivity contribution >= 4 is 11.6 Å². The second kappa shape index (κ2) is 6.45. The first-order chi connectivity index (χ1) is 9.99. The summed E-state index contributed by atoms with van der Waals surface area (Å²) in [4.78, 5) is 0. The number of methoxy groups -OCH3 is 1. The Labute approximate surface area is 128 Å². The third-order valence-electron chi connectivity index (χ3n) is 3.47. The molecular weight excluding hydrogens is 293 g/mol. The van der Waals surface area contributed by atoms with Crippen molar-refractivity contribution in [3.8, 4) is 5.75 Å². The average Bonchev–Trinajstić information content (AvgIpc) is 2.74. The number of ether oxygens (including phenoxy) is 1. The number of aromatic nitrogens is 2. The largest absolute Gasteiger partial charge is 0.496 e. The molecule has 0 spiro atoms. The number of benzene rings is 1. The van der Waals surface area contributed by atoms with E-state index >= 15 is 0 Å². The fraction of sp³-hybridized carbons (Fsp3) is 0.400. The molecule has 0 bridgehead atoms. The maximum Gasteiger partial charge on any atom is 0.131 e. The van der Waals surface area contributed by atoms with Crippen LogP contribution in [0.4, 0.5) is 4.39 Å². The molecule has 1 unspecified atom stereocenters. The van der Waals surface area contributed by atoms with E-state index in [1.165, 1.54) is 13.2 Å². The minimum atomic E-state index is -0.556. The van der Waals surface area contributed by atoms with Crippen molar-refractivity contribution in [3.63, 3.8) is 0 Å². The first-order valence-electron chi connectivity index (χ1n) is 6.79. The molecule has 0 saturated carbocycles. The molecule has 0 fully saturated rings. The maximum absolute atomic E-state index is 14.1. The smallest absolute Gasteiger partial charge is 0.131 e. The standard InChI is InChI=1S/C15H19ClFN3O/c1-4-20-12(15(16)9(2)19-20)8-11(18)14-10(17)6-5-7-13(14)21-3/h5-7,11H,4,8,18H2,1-3H3. The van der Waals surface area contributed by atoms with Gasteiger partial charge < -0.3 is 10.5 Å². The predicted molar refractivity (Wildman–Crippen MR) is 81.2 cm³/mol. The zero-order valence-corrected chi connectivity index (χ0v) is 13.1. The molecule has 21 heavy (non-hydrogen) atoms. The van der Waals surface area contributed by atoms with E-state index in [9.17, 15) is 4.39 Å². The Morgan fingerprint density at radius 1 is 1.48 bits per heavy atom. The van der Waals surface area contributed by atoms with Gasteiger partial charge in [-0.15, -0.1) is 0 Å². The predicted octanol–water partition coefficient (Wildman–Crippen LogP) is 3.26. The topological polar surface area (TPSA) is 53.1 Å². The third-order valence-corrected chi connectivity index (χ3v) is 3.96. The molecular formula is C15H19ClFN3O. The molecule has 114 valence electrons. The summed E-state index contributed by atoms with van der Waals surface area (Å²) >= 11 is 6.27. The number of nitrogens with two attached hydrogens (primary N) is 1. The minimum Gasteiger partial charge on any atom is -0.496 e. The molecule has 1 heterocycles. The van der Waals surface area contributed by atoms with Gasteiger partial charge in [-0.3, -0.25) is 4.68 Å². The molecule has 6 heteroatoms. The van der Waals surface area contributed by atoms with Crippen LogP contribution in [0, 0.1) is 12.7 Å². The molecule has 0 aliphatic heterocycles. The van der Waals surface area contributed by atoms with Gasteiger partial charge in [0, 0.05) is 24.6 Å². The summed E-state index contributed by atoms with van der Waals surface area (Å²) in [6, 6.07) is 4.11. The summed E-state index contributed by atoms with van der Waals surface area (Å²) in [7, 11) is 1.50. The van der Waals surface area contributed by atoms with Crippen LogP contribution < -0.4 is 10.5 Å². The molecule has 2 aromatic rings. The van der Waals surface area contributed by atoms with Crippen LogP contribution in [0.1, 0.15) is 29.9 Å². The van der Waals surface area contributed by atoms with Crippen LogP contribution in [0.5, 0.6) is 5.75 Å². The number of hydrogen-bond donors (Lipinski definition) is 1. The highest BCUT2D eigenvalue weighted by Gasteiger charge is 2.21. The van der Waals surface area contributed by atoms with E-state index in [1.807, 2.05) is 13.8 Å². The van der Waals surface area contributed by atoms with Crippen molar-refractivity contribution in [2.45, 2.75) is 32.9 Å². The third kappa shape index (κ3) is 3.04. The molecule has 4 nitrogen and oxygen atoms in total. The molecule has 1 aromatic carbocycles. The number of hydrogen-bond acceptors (Lipinski definition) is 3. The molecule has 0 saturated heterocycles. The first-order valence-corrected chi connectivity index (χ1v) is 7.17. The van der Waals surface area contributed by atoms with Crippen LogP contribution in [-0.4, -0.2) is 16.9 Å². The lowest BCUT2D eigenvalue weighted by Crippen LogP contribution is -2.18. The molecule has 0 aliphatic carbocycles. The quantitative estimate of drug-likeness (QED) is 0.922. The van der Waals surface area contributed by atoms with Gasteiger partial charge in [-0.1, -0.05) is 17.7 Å². The number of aryl methyl sites for hydroxylation is 2. The Balaban J connectivity index is 2.37. The van der Waals surface area contributed by atoms with Crippen molar-refractivity contribution < 1.29 is 9.13 Å². The van der Waals surface area contributed by atoms with Crippen LogP contribution in [-0.2, 0) is 13.0 Å². The molecule has 1 atom stereocenters. The monoisotopic (exact) mass is 311 g/mol. The molecule has 0 amide bonds. The Morgan fingerprint density at radius 3 is 2.81 bits per heavy atom. The van der Waals surface area contributed by atoms with Gasteiger partial charge in [-0.25, -0.2) is 4.39 Å². The molecule has 2 rings (SSSR count). The summed E-state index contributed by atoms with van der Waals surface area (Å²) in [6.45, 7) is 4.50. The van der Waals surface area contributed by atoms with Gasteiger partial charge in [0.1, 0.15) is 11.6 Å². The minimum absolute atomic E-state index is 0.359. The SMILES string of the molecule is CCn1nc(C)c(Cl)c1CC(N)c1c(F)cccc1OC. The summed E-state index contributed by atoms with van der Waals surface area (Å²) in [5, 5.41) is 4.93. The van der Waals surface area contributed by atoms with E-state index in [0.717, 1.165) is 11.4 Å². The fourth-order valence-corrected chi connectivity index (χ4v) is 2.64. The second-order valence-electron chi connectivity index (χ2n) is 4.83. The van der Waals surface area contributed by atoms with Gasteiger partial charge in [-0.2, -0.15) is 5.10 Å². The van der Waals surface area contributed by atoms with Crippen LogP contribution >= 0.6 is 11.6 Å². The highest BCUT2D eigenvalue weighted by Crippen LogP contribution is 2.31. The lowest BCUT2D eigenvalue weighted by atomic mass is 10.0. The van der Waals surface area contributed by atoms with E-state index in [4.69, 9.17) is 22.1 Å². The van der Waals surface area contributed by atoms with Crippen molar-refractivity contribution in [2.24, 2.45) is 5.73 Å². The molecule has 0 radical (unpaired) electrons. The summed E-state index contributed by atoms with van der Waals surface area (Å²) in [5.74, 6) is 0.0650. The van der Waals surface area contributed by atoms with Crippen LogP contribution in [0.15, 0.2) is 18.2 Å². The first kappa shape index (κ1) is 15.8. The van der Waals surface area contributed by atoms with Gasteiger partial charge in [0.2, 0.25) is 0 Å². The van der Waals surface area contributed by atoms with E-state index < -0.39 is 6.04 Å². The summed E-state index contributed by atoms with van der Waals surface area (Å²) in [6.07, 6.45) is 0.394. The Hall–Kier alpha value is -1.59. The van der Waals surface area contributed by atoms with Crippen molar-refractivity contribution in [3.05, 3.63) is 46.0 Å².